The van der Waals surface area contributed by atoms with E-state index in [-0.39, 0.29) is 29.5 Å². The molecule has 6 heteroatoms. The first-order valence-corrected chi connectivity index (χ1v) is 6.33. The van der Waals surface area contributed by atoms with E-state index in [4.69, 9.17) is 19.5 Å². The average molecular weight is 268 g/mol. The predicted molar refractivity (Wildman–Crippen MR) is 69.9 cm³/mol. The summed E-state index contributed by atoms with van der Waals surface area (Å²) in [6.07, 6.45) is 1.76. The van der Waals surface area contributed by atoms with E-state index >= 15 is 0 Å². The lowest BCUT2D eigenvalue weighted by Gasteiger charge is -2.19. The molecule has 0 bridgehead atoms. The summed E-state index contributed by atoms with van der Waals surface area (Å²) in [4.78, 5) is 0. The molecular weight excluding hydrogens is 250 g/mol. The summed E-state index contributed by atoms with van der Waals surface area (Å²) in [6.45, 7) is 4.28. The Bertz CT molecular complexity index is 450. The molecule has 2 N–H and O–H groups in total. The molecule has 1 aliphatic heterocycles. The fourth-order valence-corrected chi connectivity index (χ4v) is 2.17. The van der Waals surface area contributed by atoms with Crippen LogP contribution in [-0.2, 0) is 4.74 Å². The van der Waals surface area contributed by atoms with Gasteiger partial charge in [-0.3, -0.25) is 0 Å². The number of rotatable bonds is 4. The first kappa shape index (κ1) is 14.3. The Labute approximate surface area is 112 Å². The maximum atomic E-state index is 13.5. The molecule has 1 aromatic carbocycles. The fourth-order valence-electron chi connectivity index (χ4n) is 2.17. The van der Waals surface area contributed by atoms with E-state index in [0.717, 1.165) is 18.9 Å². The number of hydrogen-bond donors (Lipinski definition) is 2. The Morgan fingerprint density at radius 2 is 2.21 bits per heavy atom. The topological polar surface area (TPSA) is 58.9 Å². The smallest absolute Gasteiger partial charge is 0.488 e. The first-order valence-electron chi connectivity index (χ1n) is 6.33. The van der Waals surface area contributed by atoms with E-state index in [1.807, 2.05) is 13.8 Å². The van der Waals surface area contributed by atoms with E-state index in [1.165, 1.54) is 12.1 Å². The van der Waals surface area contributed by atoms with Crippen LogP contribution in [-0.4, -0.2) is 35.5 Å². The SMILES string of the molecule is CC1(C)CCC(COc2cc(B(O)O)ccc2F)O1. The fraction of sp³-hybridized carbons (Fsp3) is 0.538. The summed E-state index contributed by atoms with van der Waals surface area (Å²) >= 11 is 0. The molecule has 1 aliphatic rings. The zero-order chi connectivity index (χ0) is 14.0. The highest BCUT2D eigenvalue weighted by Crippen LogP contribution is 2.29. The molecule has 1 heterocycles. The van der Waals surface area contributed by atoms with Crippen LogP contribution < -0.4 is 10.2 Å². The highest BCUT2D eigenvalue weighted by atomic mass is 19.1. The van der Waals surface area contributed by atoms with E-state index < -0.39 is 12.9 Å². The summed E-state index contributed by atoms with van der Waals surface area (Å²) in [5.41, 5.74) is 0.0412. The first-order chi connectivity index (χ1) is 8.87. The van der Waals surface area contributed by atoms with Gasteiger partial charge in [-0.1, -0.05) is 6.07 Å². The minimum Gasteiger partial charge on any atom is -0.488 e. The minimum absolute atomic E-state index is 0.0129. The summed E-state index contributed by atoms with van der Waals surface area (Å²) < 4.78 is 24.7. The van der Waals surface area contributed by atoms with Crippen molar-refractivity contribution in [3.63, 3.8) is 0 Å². The van der Waals surface area contributed by atoms with E-state index in [1.54, 1.807) is 0 Å². The minimum atomic E-state index is -1.63. The number of hydrogen-bond acceptors (Lipinski definition) is 4. The van der Waals surface area contributed by atoms with Crippen molar-refractivity contribution in [3.05, 3.63) is 24.0 Å². The lowest BCUT2D eigenvalue weighted by Crippen LogP contribution is -2.30. The van der Waals surface area contributed by atoms with Crippen LogP contribution in [0.3, 0.4) is 0 Å². The molecule has 1 saturated heterocycles. The van der Waals surface area contributed by atoms with Crippen molar-refractivity contribution in [2.45, 2.75) is 38.4 Å². The van der Waals surface area contributed by atoms with Gasteiger partial charge in [0.25, 0.3) is 0 Å². The third-order valence-electron chi connectivity index (χ3n) is 3.23. The highest BCUT2D eigenvalue weighted by molar-refractivity contribution is 6.58. The number of halogens is 1. The third-order valence-corrected chi connectivity index (χ3v) is 3.23. The van der Waals surface area contributed by atoms with Crippen LogP contribution in [0.5, 0.6) is 5.75 Å². The van der Waals surface area contributed by atoms with Gasteiger partial charge in [-0.2, -0.15) is 0 Å². The maximum Gasteiger partial charge on any atom is 0.488 e. The lowest BCUT2D eigenvalue weighted by atomic mass is 9.80. The summed E-state index contributed by atoms with van der Waals surface area (Å²) in [7, 11) is -1.63. The van der Waals surface area contributed by atoms with Gasteiger partial charge in [0, 0.05) is 0 Å². The van der Waals surface area contributed by atoms with Crippen LogP contribution >= 0.6 is 0 Å². The van der Waals surface area contributed by atoms with Crippen molar-refractivity contribution in [2.75, 3.05) is 6.61 Å². The van der Waals surface area contributed by atoms with Crippen molar-refractivity contribution in [1.29, 1.82) is 0 Å². The Kier molecular flexibility index (Phi) is 4.13. The normalized spacial score (nSPS) is 21.4. The molecule has 0 radical (unpaired) electrons. The molecule has 1 aromatic rings. The lowest BCUT2D eigenvalue weighted by molar-refractivity contribution is -0.0330. The Balaban J connectivity index is 1.98. The van der Waals surface area contributed by atoms with E-state index in [2.05, 4.69) is 0 Å². The molecule has 104 valence electrons. The number of benzene rings is 1. The molecular formula is C13H18BFO4. The molecule has 0 amide bonds. The highest BCUT2D eigenvalue weighted by Gasteiger charge is 2.32. The second-order valence-corrected chi connectivity index (χ2v) is 5.41. The van der Waals surface area contributed by atoms with Gasteiger partial charge >= 0.3 is 7.12 Å². The van der Waals surface area contributed by atoms with Crippen molar-refractivity contribution in [2.24, 2.45) is 0 Å². The van der Waals surface area contributed by atoms with Gasteiger partial charge in [-0.15, -0.1) is 0 Å². The second-order valence-electron chi connectivity index (χ2n) is 5.41. The van der Waals surface area contributed by atoms with Crippen molar-refractivity contribution >= 4 is 12.6 Å². The Hall–Kier alpha value is -1.11. The van der Waals surface area contributed by atoms with Crippen LogP contribution in [0.2, 0.25) is 0 Å². The third kappa shape index (κ3) is 3.68. The summed E-state index contributed by atoms with van der Waals surface area (Å²) in [5.74, 6) is -0.513. The quantitative estimate of drug-likeness (QED) is 0.794. The van der Waals surface area contributed by atoms with Crippen molar-refractivity contribution in [1.82, 2.24) is 0 Å². The molecule has 1 unspecified atom stereocenters. The molecule has 0 aromatic heterocycles. The molecule has 1 fully saturated rings. The zero-order valence-corrected chi connectivity index (χ0v) is 11.1. The van der Waals surface area contributed by atoms with Crippen molar-refractivity contribution in [3.8, 4) is 5.75 Å². The van der Waals surface area contributed by atoms with Crippen LogP contribution in [0.25, 0.3) is 0 Å². The molecule has 19 heavy (non-hydrogen) atoms. The molecule has 0 saturated carbocycles. The van der Waals surface area contributed by atoms with E-state index in [9.17, 15) is 4.39 Å². The summed E-state index contributed by atoms with van der Waals surface area (Å²) in [6, 6.07) is 3.76. The van der Waals surface area contributed by atoms with Gasteiger partial charge in [0.1, 0.15) is 6.61 Å². The van der Waals surface area contributed by atoms with Crippen LogP contribution in [0.1, 0.15) is 26.7 Å². The van der Waals surface area contributed by atoms with Gasteiger partial charge in [-0.05, 0) is 44.3 Å². The second kappa shape index (κ2) is 5.49. The molecule has 4 nitrogen and oxygen atoms in total. The van der Waals surface area contributed by atoms with Crippen LogP contribution in [0.15, 0.2) is 18.2 Å². The molecule has 0 aliphatic carbocycles. The van der Waals surface area contributed by atoms with E-state index in [0.29, 0.717) is 0 Å². The predicted octanol–water partition coefficient (Wildman–Crippen LogP) is 0.842. The zero-order valence-electron chi connectivity index (χ0n) is 11.1. The molecule has 0 spiro atoms. The number of ether oxygens (including phenoxy) is 2. The Morgan fingerprint density at radius 3 is 2.79 bits per heavy atom. The van der Waals surface area contributed by atoms with Crippen LogP contribution in [0.4, 0.5) is 4.39 Å². The monoisotopic (exact) mass is 268 g/mol. The average Bonchev–Trinajstić information content (AvgIpc) is 2.67. The standard InChI is InChI=1S/C13H18BFO4/c1-13(2)6-5-10(19-13)8-18-12-7-9(14(16)17)3-4-11(12)15/h3-4,7,10,16-17H,5-6,8H2,1-2H3. The Morgan fingerprint density at radius 1 is 1.47 bits per heavy atom. The summed E-state index contributed by atoms with van der Waals surface area (Å²) in [5, 5.41) is 18.1. The van der Waals surface area contributed by atoms with Crippen molar-refractivity contribution < 1.29 is 23.9 Å². The van der Waals surface area contributed by atoms with Gasteiger partial charge in [0.2, 0.25) is 0 Å². The van der Waals surface area contributed by atoms with Crippen LogP contribution in [0, 0.1) is 5.82 Å². The largest absolute Gasteiger partial charge is 0.488 e. The maximum absolute atomic E-state index is 13.5. The van der Waals surface area contributed by atoms with Gasteiger partial charge < -0.3 is 19.5 Å². The molecule has 2 rings (SSSR count). The molecule has 1 atom stereocenters. The van der Waals surface area contributed by atoms with Gasteiger partial charge in [0.05, 0.1) is 11.7 Å². The van der Waals surface area contributed by atoms with Gasteiger partial charge in [0.15, 0.2) is 11.6 Å². The van der Waals surface area contributed by atoms with Gasteiger partial charge in [-0.25, -0.2) is 4.39 Å².